The molecule has 0 spiro atoms. The fourth-order valence-corrected chi connectivity index (χ4v) is 2.88. The molecule has 2 unspecified atom stereocenters. The summed E-state index contributed by atoms with van der Waals surface area (Å²) in [6.45, 7) is 4.98. The summed E-state index contributed by atoms with van der Waals surface area (Å²) in [5.41, 5.74) is 0. The molecule has 108 valence electrons. The van der Waals surface area contributed by atoms with Gasteiger partial charge in [0, 0.05) is 45.3 Å². The minimum Gasteiger partial charge on any atom is -0.384 e. The Balaban J connectivity index is 1.97. The van der Waals surface area contributed by atoms with Crippen molar-refractivity contribution in [2.45, 2.75) is 25.6 Å². The number of rotatable bonds is 6. The van der Waals surface area contributed by atoms with E-state index in [2.05, 4.69) is 21.2 Å². The van der Waals surface area contributed by atoms with E-state index in [1.54, 1.807) is 14.2 Å². The van der Waals surface area contributed by atoms with Gasteiger partial charge in [-0.1, -0.05) is 0 Å². The van der Waals surface area contributed by atoms with Gasteiger partial charge in [0.05, 0.1) is 25.4 Å². The van der Waals surface area contributed by atoms with E-state index in [9.17, 15) is 0 Å². The van der Waals surface area contributed by atoms with Crippen LogP contribution in [0.3, 0.4) is 0 Å². The number of ether oxygens (including phenoxy) is 3. The van der Waals surface area contributed by atoms with Crippen LogP contribution in [0.5, 0.6) is 0 Å². The van der Waals surface area contributed by atoms with Crippen LogP contribution < -0.4 is 4.90 Å². The molecule has 2 heterocycles. The smallest absolute Gasteiger partial charge is 0.205 e. The zero-order valence-electron chi connectivity index (χ0n) is 11.7. The average Bonchev–Trinajstić information content (AvgIpc) is 2.85. The largest absolute Gasteiger partial charge is 0.384 e. The summed E-state index contributed by atoms with van der Waals surface area (Å²) in [5.74, 6) is 0.851. The fourth-order valence-electron chi connectivity index (χ4n) is 2.15. The predicted octanol–water partition coefficient (Wildman–Crippen LogP) is 0.967. The van der Waals surface area contributed by atoms with Crippen molar-refractivity contribution in [1.29, 1.82) is 0 Å². The third-order valence-electron chi connectivity index (χ3n) is 2.94. The summed E-state index contributed by atoms with van der Waals surface area (Å²) < 4.78 is 20.4. The van der Waals surface area contributed by atoms with Gasteiger partial charge < -0.3 is 19.1 Å². The van der Waals surface area contributed by atoms with Gasteiger partial charge in [-0.15, -0.1) is 0 Å². The van der Waals surface area contributed by atoms with E-state index < -0.39 is 0 Å². The number of hydrogen-bond donors (Lipinski definition) is 0. The minimum atomic E-state index is 0.0973. The van der Waals surface area contributed by atoms with Crippen LogP contribution in [-0.2, 0) is 20.6 Å². The fraction of sp³-hybridized carbons (Fsp3) is 0.833. The van der Waals surface area contributed by atoms with Crippen molar-refractivity contribution < 1.29 is 14.2 Å². The zero-order chi connectivity index (χ0) is 13.7. The molecule has 1 aromatic rings. The molecule has 2 rings (SSSR count). The van der Waals surface area contributed by atoms with Crippen molar-refractivity contribution in [3.63, 3.8) is 0 Å². The molecule has 1 aliphatic rings. The maximum atomic E-state index is 5.82. The molecule has 1 aromatic heterocycles. The lowest BCUT2D eigenvalue weighted by molar-refractivity contribution is -0.0511. The molecule has 0 radical (unpaired) electrons. The van der Waals surface area contributed by atoms with Gasteiger partial charge in [-0.25, -0.2) is 4.98 Å². The molecular formula is C12H21N3O3S. The SMILES string of the molecule is COCCc1nsc(N2CC(C)OC(COC)C2)n1. The van der Waals surface area contributed by atoms with E-state index in [0.717, 1.165) is 30.5 Å². The van der Waals surface area contributed by atoms with Crippen molar-refractivity contribution in [2.75, 3.05) is 45.4 Å². The summed E-state index contributed by atoms with van der Waals surface area (Å²) in [4.78, 5) is 6.79. The number of hydrogen-bond acceptors (Lipinski definition) is 7. The van der Waals surface area contributed by atoms with Crippen molar-refractivity contribution in [3.8, 4) is 0 Å². The van der Waals surface area contributed by atoms with Gasteiger partial charge in [0.15, 0.2) is 0 Å². The van der Waals surface area contributed by atoms with Crippen LogP contribution >= 0.6 is 11.5 Å². The second-order valence-corrected chi connectivity index (χ2v) is 5.40. The van der Waals surface area contributed by atoms with Crippen LogP contribution in [0.15, 0.2) is 0 Å². The van der Waals surface area contributed by atoms with E-state index >= 15 is 0 Å². The molecular weight excluding hydrogens is 266 g/mol. The molecule has 7 heteroatoms. The molecule has 2 atom stereocenters. The number of anilines is 1. The molecule has 0 amide bonds. The molecule has 1 fully saturated rings. The predicted molar refractivity (Wildman–Crippen MR) is 73.9 cm³/mol. The highest BCUT2D eigenvalue weighted by Gasteiger charge is 2.27. The quantitative estimate of drug-likeness (QED) is 0.777. The van der Waals surface area contributed by atoms with Gasteiger partial charge in [0.2, 0.25) is 5.13 Å². The molecule has 0 aliphatic carbocycles. The Kier molecular flexibility index (Phi) is 5.50. The van der Waals surface area contributed by atoms with Crippen LogP contribution in [0.25, 0.3) is 0 Å². The summed E-state index contributed by atoms with van der Waals surface area (Å²) in [7, 11) is 3.38. The first kappa shape index (κ1) is 14.6. The zero-order valence-corrected chi connectivity index (χ0v) is 12.5. The Morgan fingerprint density at radius 1 is 1.37 bits per heavy atom. The molecule has 6 nitrogen and oxygen atoms in total. The van der Waals surface area contributed by atoms with E-state index in [0.29, 0.717) is 13.2 Å². The Labute approximate surface area is 117 Å². The van der Waals surface area contributed by atoms with Gasteiger partial charge in [-0.05, 0) is 6.92 Å². The monoisotopic (exact) mass is 287 g/mol. The first-order chi connectivity index (χ1) is 9.22. The first-order valence-corrected chi connectivity index (χ1v) is 7.21. The van der Waals surface area contributed by atoms with E-state index in [-0.39, 0.29) is 12.2 Å². The summed E-state index contributed by atoms with van der Waals surface area (Å²) >= 11 is 1.44. The highest BCUT2D eigenvalue weighted by molar-refractivity contribution is 7.09. The van der Waals surface area contributed by atoms with Gasteiger partial charge in [-0.3, -0.25) is 0 Å². The van der Waals surface area contributed by atoms with Gasteiger partial charge >= 0.3 is 0 Å². The van der Waals surface area contributed by atoms with E-state index in [1.807, 2.05) is 0 Å². The molecule has 1 saturated heterocycles. The van der Waals surface area contributed by atoms with E-state index in [1.165, 1.54) is 11.5 Å². The molecule has 1 aliphatic heterocycles. The van der Waals surface area contributed by atoms with Crippen LogP contribution in [0.2, 0.25) is 0 Å². The topological polar surface area (TPSA) is 56.7 Å². The van der Waals surface area contributed by atoms with Crippen molar-refractivity contribution in [3.05, 3.63) is 5.82 Å². The molecule has 19 heavy (non-hydrogen) atoms. The summed E-state index contributed by atoms with van der Waals surface area (Å²) in [6, 6.07) is 0. The Bertz CT molecular complexity index is 388. The van der Waals surface area contributed by atoms with E-state index in [4.69, 9.17) is 14.2 Å². The maximum absolute atomic E-state index is 5.82. The lowest BCUT2D eigenvalue weighted by Gasteiger charge is -2.36. The number of aromatic nitrogens is 2. The highest BCUT2D eigenvalue weighted by atomic mass is 32.1. The second kappa shape index (κ2) is 7.14. The molecule has 0 N–H and O–H groups in total. The van der Waals surface area contributed by atoms with Crippen molar-refractivity contribution >= 4 is 16.7 Å². The van der Waals surface area contributed by atoms with Gasteiger partial charge in [0.25, 0.3) is 0 Å². The standard InChI is InChI=1S/C12H21N3O3S/c1-9-6-15(7-10(18-9)8-17-3)12-13-11(14-19-12)4-5-16-2/h9-10H,4-8H2,1-3H3. The van der Waals surface area contributed by atoms with Crippen LogP contribution in [0.4, 0.5) is 5.13 Å². The van der Waals surface area contributed by atoms with Gasteiger partial charge in [-0.2, -0.15) is 4.37 Å². The van der Waals surface area contributed by atoms with Crippen molar-refractivity contribution in [2.24, 2.45) is 0 Å². The summed E-state index contributed by atoms with van der Waals surface area (Å²) in [6.07, 6.45) is 1.04. The van der Waals surface area contributed by atoms with Crippen LogP contribution in [0.1, 0.15) is 12.7 Å². The lowest BCUT2D eigenvalue weighted by atomic mass is 10.2. The molecule has 0 aromatic carbocycles. The Morgan fingerprint density at radius 2 is 2.21 bits per heavy atom. The molecule has 0 bridgehead atoms. The maximum Gasteiger partial charge on any atom is 0.205 e. The van der Waals surface area contributed by atoms with Crippen molar-refractivity contribution in [1.82, 2.24) is 9.36 Å². The normalized spacial score (nSPS) is 23.8. The third-order valence-corrected chi connectivity index (χ3v) is 3.75. The summed E-state index contributed by atoms with van der Waals surface area (Å²) in [5, 5.41) is 0.961. The Hall–Kier alpha value is -0.760. The second-order valence-electron chi connectivity index (χ2n) is 4.67. The van der Waals surface area contributed by atoms with Gasteiger partial charge in [0.1, 0.15) is 5.82 Å². The Morgan fingerprint density at radius 3 is 2.95 bits per heavy atom. The average molecular weight is 287 g/mol. The number of nitrogens with zero attached hydrogens (tertiary/aromatic N) is 3. The number of morpholine rings is 1. The number of methoxy groups -OCH3 is 2. The van der Waals surface area contributed by atoms with Crippen LogP contribution in [0, 0.1) is 0 Å². The first-order valence-electron chi connectivity index (χ1n) is 6.43. The third kappa shape index (κ3) is 4.10. The minimum absolute atomic E-state index is 0.0973. The lowest BCUT2D eigenvalue weighted by Crippen LogP contribution is -2.48. The molecule has 0 saturated carbocycles. The van der Waals surface area contributed by atoms with Crippen LogP contribution in [-0.4, -0.2) is 62.1 Å². The highest BCUT2D eigenvalue weighted by Crippen LogP contribution is 2.22.